The largest absolute Gasteiger partial charge is 0.416 e. The van der Waals surface area contributed by atoms with Crippen LogP contribution in [0.3, 0.4) is 0 Å². The van der Waals surface area contributed by atoms with Gasteiger partial charge in [0.15, 0.2) is 0 Å². The van der Waals surface area contributed by atoms with Crippen molar-refractivity contribution in [2.24, 2.45) is 0 Å². The standard InChI is InChI=1S/C10H8F3N3O/c11-10(12,13)7-3-1-6(2-4-7)9-8(5-17)14-16-15-9/h1-4,17H,5H2,(H,14,15,16). The van der Waals surface area contributed by atoms with Crippen molar-refractivity contribution in [3.8, 4) is 11.3 Å². The molecule has 0 aliphatic carbocycles. The van der Waals surface area contributed by atoms with Gasteiger partial charge in [-0.15, -0.1) is 0 Å². The summed E-state index contributed by atoms with van der Waals surface area (Å²) in [6, 6.07) is 4.51. The molecular weight excluding hydrogens is 235 g/mol. The predicted molar refractivity (Wildman–Crippen MR) is 52.7 cm³/mol. The number of rotatable bonds is 2. The minimum Gasteiger partial charge on any atom is -0.390 e. The average molecular weight is 243 g/mol. The van der Waals surface area contributed by atoms with E-state index in [1.54, 1.807) is 0 Å². The third-order valence-electron chi connectivity index (χ3n) is 2.26. The monoisotopic (exact) mass is 243 g/mol. The molecule has 1 heterocycles. The van der Waals surface area contributed by atoms with Crippen LogP contribution in [0.2, 0.25) is 0 Å². The van der Waals surface area contributed by atoms with Crippen molar-refractivity contribution in [3.63, 3.8) is 0 Å². The molecule has 1 aromatic carbocycles. The molecule has 17 heavy (non-hydrogen) atoms. The lowest BCUT2D eigenvalue weighted by atomic mass is 10.1. The lowest BCUT2D eigenvalue weighted by Crippen LogP contribution is -2.04. The normalized spacial score (nSPS) is 11.8. The van der Waals surface area contributed by atoms with Crippen LogP contribution < -0.4 is 0 Å². The first-order valence-corrected chi connectivity index (χ1v) is 4.70. The highest BCUT2D eigenvalue weighted by Crippen LogP contribution is 2.30. The molecule has 0 saturated carbocycles. The van der Waals surface area contributed by atoms with E-state index in [9.17, 15) is 13.2 Å². The number of hydrogen-bond donors (Lipinski definition) is 2. The minimum atomic E-state index is -4.36. The molecule has 0 fully saturated rings. The summed E-state index contributed by atoms with van der Waals surface area (Å²) < 4.78 is 37.0. The van der Waals surface area contributed by atoms with Gasteiger partial charge in [-0.1, -0.05) is 12.1 Å². The molecule has 2 rings (SSSR count). The van der Waals surface area contributed by atoms with Crippen molar-refractivity contribution in [2.75, 3.05) is 0 Å². The Bertz CT molecular complexity index is 504. The van der Waals surface area contributed by atoms with Gasteiger partial charge < -0.3 is 5.11 Å². The van der Waals surface area contributed by atoms with Gasteiger partial charge in [-0.25, -0.2) is 0 Å². The fourth-order valence-corrected chi connectivity index (χ4v) is 1.41. The SMILES string of the molecule is OCc1n[nH]nc1-c1ccc(C(F)(F)F)cc1. The van der Waals surface area contributed by atoms with E-state index in [0.29, 0.717) is 17.0 Å². The average Bonchev–Trinajstić information content (AvgIpc) is 2.76. The van der Waals surface area contributed by atoms with E-state index >= 15 is 0 Å². The number of alkyl halides is 3. The molecule has 0 spiro atoms. The van der Waals surface area contributed by atoms with Gasteiger partial charge in [-0.3, -0.25) is 0 Å². The first-order chi connectivity index (χ1) is 8.02. The van der Waals surface area contributed by atoms with Crippen LogP contribution in [0.5, 0.6) is 0 Å². The Kier molecular flexibility index (Phi) is 2.84. The van der Waals surface area contributed by atoms with E-state index in [4.69, 9.17) is 5.11 Å². The third-order valence-corrected chi connectivity index (χ3v) is 2.26. The van der Waals surface area contributed by atoms with Gasteiger partial charge in [0.1, 0.15) is 11.4 Å². The Morgan fingerprint density at radius 3 is 2.29 bits per heavy atom. The molecular formula is C10H8F3N3O. The van der Waals surface area contributed by atoms with Gasteiger partial charge >= 0.3 is 6.18 Å². The number of nitrogens with zero attached hydrogens (tertiary/aromatic N) is 2. The summed E-state index contributed by atoms with van der Waals surface area (Å²) in [5, 5.41) is 18.7. The second-order valence-electron chi connectivity index (χ2n) is 3.35. The maximum Gasteiger partial charge on any atom is 0.416 e. The molecule has 0 radical (unpaired) electrons. The van der Waals surface area contributed by atoms with Crippen molar-refractivity contribution in [1.29, 1.82) is 0 Å². The summed E-state index contributed by atoms with van der Waals surface area (Å²) in [5.41, 5.74) is 0.386. The highest BCUT2D eigenvalue weighted by Gasteiger charge is 2.30. The molecule has 0 aliphatic heterocycles. The van der Waals surface area contributed by atoms with Crippen LogP contribution in [0.1, 0.15) is 11.3 Å². The van der Waals surface area contributed by atoms with Crippen molar-refractivity contribution in [3.05, 3.63) is 35.5 Å². The number of aromatic amines is 1. The smallest absolute Gasteiger partial charge is 0.390 e. The number of aromatic nitrogens is 3. The van der Waals surface area contributed by atoms with Crippen molar-refractivity contribution >= 4 is 0 Å². The second-order valence-corrected chi connectivity index (χ2v) is 3.35. The zero-order valence-electron chi connectivity index (χ0n) is 8.49. The third kappa shape index (κ3) is 2.28. The van der Waals surface area contributed by atoms with Gasteiger partial charge in [-0.05, 0) is 12.1 Å². The number of halogens is 3. The highest BCUT2D eigenvalue weighted by molar-refractivity contribution is 5.61. The molecule has 4 nitrogen and oxygen atoms in total. The number of aliphatic hydroxyl groups excluding tert-OH is 1. The van der Waals surface area contributed by atoms with Gasteiger partial charge in [-0.2, -0.15) is 28.6 Å². The Labute approximate surface area is 94.1 Å². The fraction of sp³-hybridized carbons (Fsp3) is 0.200. The van der Waals surface area contributed by atoms with Crippen LogP contribution >= 0.6 is 0 Å². The summed E-state index contributed by atoms with van der Waals surface area (Å²) in [7, 11) is 0. The quantitative estimate of drug-likeness (QED) is 0.847. The first-order valence-electron chi connectivity index (χ1n) is 4.70. The lowest BCUT2D eigenvalue weighted by Gasteiger charge is -2.06. The molecule has 1 aromatic heterocycles. The predicted octanol–water partition coefficient (Wildman–Crippen LogP) is 1.98. The summed E-state index contributed by atoms with van der Waals surface area (Å²) in [5.74, 6) is 0. The molecule has 2 aromatic rings. The lowest BCUT2D eigenvalue weighted by molar-refractivity contribution is -0.137. The van der Waals surface area contributed by atoms with Crippen LogP contribution in [-0.2, 0) is 12.8 Å². The molecule has 7 heteroatoms. The van der Waals surface area contributed by atoms with Crippen LogP contribution in [-0.4, -0.2) is 20.5 Å². The Morgan fingerprint density at radius 1 is 1.12 bits per heavy atom. The molecule has 0 amide bonds. The van der Waals surface area contributed by atoms with Gasteiger partial charge in [0.25, 0.3) is 0 Å². The molecule has 0 atom stereocenters. The Balaban J connectivity index is 2.36. The van der Waals surface area contributed by atoms with E-state index in [1.165, 1.54) is 12.1 Å². The molecule has 0 bridgehead atoms. The summed E-state index contributed by atoms with van der Waals surface area (Å²) in [6.45, 7) is -0.327. The van der Waals surface area contributed by atoms with E-state index in [-0.39, 0.29) is 6.61 Å². The van der Waals surface area contributed by atoms with Crippen LogP contribution in [0, 0.1) is 0 Å². The van der Waals surface area contributed by atoms with Crippen LogP contribution in [0.25, 0.3) is 11.3 Å². The second kappa shape index (κ2) is 4.17. The van der Waals surface area contributed by atoms with Crippen LogP contribution in [0.15, 0.2) is 24.3 Å². The molecule has 2 N–H and O–H groups in total. The Hall–Kier alpha value is -1.89. The van der Waals surface area contributed by atoms with Crippen molar-refractivity contribution < 1.29 is 18.3 Å². The number of H-pyrrole nitrogens is 1. The zero-order valence-corrected chi connectivity index (χ0v) is 8.49. The fourth-order valence-electron chi connectivity index (χ4n) is 1.41. The highest BCUT2D eigenvalue weighted by atomic mass is 19.4. The van der Waals surface area contributed by atoms with Gasteiger partial charge in [0, 0.05) is 5.56 Å². The number of benzene rings is 1. The number of nitrogens with one attached hydrogen (secondary N) is 1. The molecule has 90 valence electrons. The molecule has 0 aliphatic rings. The summed E-state index contributed by atoms with van der Waals surface area (Å²) in [6.07, 6.45) is -4.36. The zero-order chi connectivity index (χ0) is 12.5. The van der Waals surface area contributed by atoms with E-state index < -0.39 is 11.7 Å². The molecule has 0 unspecified atom stereocenters. The number of hydrogen-bond acceptors (Lipinski definition) is 3. The number of aliphatic hydroxyl groups is 1. The van der Waals surface area contributed by atoms with Gasteiger partial charge in [0.2, 0.25) is 0 Å². The Morgan fingerprint density at radius 2 is 1.76 bits per heavy atom. The van der Waals surface area contributed by atoms with E-state index in [0.717, 1.165) is 12.1 Å². The van der Waals surface area contributed by atoms with Crippen LogP contribution in [0.4, 0.5) is 13.2 Å². The van der Waals surface area contributed by atoms with Crippen molar-refractivity contribution in [2.45, 2.75) is 12.8 Å². The summed E-state index contributed by atoms with van der Waals surface area (Å²) in [4.78, 5) is 0. The summed E-state index contributed by atoms with van der Waals surface area (Å²) >= 11 is 0. The minimum absolute atomic E-state index is 0.296. The van der Waals surface area contributed by atoms with E-state index in [2.05, 4.69) is 15.4 Å². The van der Waals surface area contributed by atoms with E-state index in [1.807, 2.05) is 0 Å². The molecule has 0 saturated heterocycles. The van der Waals surface area contributed by atoms with Crippen molar-refractivity contribution in [1.82, 2.24) is 15.4 Å². The topological polar surface area (TPSA) is 61.8 Å². The first kappa shape index (κ1) is 11.6. The van der Waals surface area contributed by atoms with Gasteiger partial charge in [0.05, 0.1) is 12.2 Å². The maximum atomic E-state index is 12.3. The maximum absolute atomic E-state index is 12.3.